The van der Waals surface area contributed by atoms with Crippen LogP contribution < -0.4 is 10.9 Å². The van der Waals surface area contributed by atoms with Gasteiger partial charge < -0.3 is 19.4 Å². The van der Waals surface area contributed by atoms with Crippen molar-refractivity contribution in [2.45, 2.75) is 19.1 Å². The van der Waals surface area contributed by atoms with Crippen molar-refractivity contribution >= 4 is 11.6 Å². The largest absolute Gasteiger partial charge is 0.390 e. The molecule has 0 bridgehead atoms. The summed E-state index contributed by atoms with van der Waals surface area (Å²) in [5, 5.41) is 13.3. The number of aromatic nitrogens is 3. The third-order valence-corrected chi connectivity index (χ3v) is 6.30. The first-order chi connectivity index (χ1) is 16.5. The second kappa shape index (κ2) is 9.24. The highest BCUT2D eigenvalue weighted by atomic mass is 16.3. The van der Waals surface area contributed by atoms with E-state index in [0.29, 0.717) is 12.2 Å². The molecule has 0 radical (unpaired) electrons. The summed E-state index contributed by atoms with van der Waals surface area (Å²) in [6.07, 6.45) is 5.53. The van der Waals surface area contributed by atoms with E-state index < -0.39 is 6.10 Å². The predicted octanol–water partition coefficient (Wildman–Crippen LogP) is 1.85. The molecule has 1 aromatic carbocycles. The predicted molar refractivity (Wildman–Crippen MR) is 130 cm³/mol. The Labute approximate surface area is 197 Å². The van der Waals surface area contributed by atoms with E-state index in [4.69, 9.17) is 0 Å². The van der Waals surface area contributed by atoms with Crippen molar-refractivity contribution in [1.29, 1.82) is 0 Å². The molecule has 3 aromatic heterocycles. The summed E-state index contributed by atoms with van der Waals surface area (Å²) in [5.74, 6) is -0.332. The lowest BCUT2D eigenvalue weighted by atomic mass is 10.00. The molecule has 4 aromatic rings. The molecule has 34 heavy (non-hydrogen) atoms. The van der Waals surface area contributed by atoms with Crippen LogP contribution in [0, 0.1) is 0 Å². The minimum atomic E-state index is -0.668. The number of hydrogen-bond donors (Lipinski definition) is 2. The van der Waals surface area contributed by atoms with Crippen LogP contribution in [0.25, 0.3) is 16.8 Å². The van der Waals surface area contributed by atoms with Crippen molar-refractivity contribution in [3.63, 3.8) is 0 Å². The van der Waals surface area contributed by atoms with E-state index in [0.717, 1.165) is 30.6 Å². The molecule has 1 unspecified atom stereocenters. The van der Waals surface area contributed by atoms with Gasteiger partial charge in [-0.1, -0.05) is 24.3 Å². The molecule has 0 spiro atoms. The summed E-state index contributed by atoms with van der Waals surface area (Å²) in [6.45, 7) is 2.36. The van der Waals surface area contributed by atoms with Gasteiger partial charge in [0.25, 0.3) is 11.5 Å². The summed E-state index contributed by atoms with van der Waals surface area (Å²) < 4.78 is 3.28. The highest BCUT2D eigenvalue weighted by Crippen LogP contribution is 2.20. The van der Waals surface area contributed by atoms with Crippen LogP contribution in [0.1, 0.15) is 21.6 Å². The lowest BCUT2D eigenvalue weighted by Crippen LogP contribution is -2.42. The number of amides is 1. The van der Waals surface area contributed by atoms with Crippen LogP contribution in [0.2, 0.25) is 0 Å². The summed E-state index contributed by atoms with van der Waals surface area (Å²) in [7, 11) is 1.71. The number of nitrogens with zero attached hydrogens (tertiary/aromatic N) is 4. The zero-order valence-corrected chi connectivity index (χ0v) is 19.0. The van der Waals surface area contributed by atoms with Crippen LogP contribution in [0.5, 0.6) is 0 Å². The first-order valence-corrected chi connectivity index (χ1v) is 11.4. The summed E-state index contributed by atoms with van der Waals surface area (Å²) >= 11 is 0. The van der Waals surface area contributed by atoms with Crippen LogP contribution in [-0.2, 0) is 20.0 Å². The number of nitrogens with one attached hydrogen (secondary N) is 1. The number of hydrogen-bond acceptors (Lipinski definition) is 5. The Balaban J connectivity index is 1.20. The van der Waals surface area contributed by atoms with E-state index in [1.165, 1.54) is 15.7 Å². The molecular formula is C26H27N5O3. The number of benzene rings is 1. The van der Waals surface area contributed by atoms with Crippen molar-refractivity contribution in [3.8, 4) is 11.1 Å². The molecule has 5 rings (SSSR count). The quantitative estimate of drug-likeness (QED) is 0.461. The number of carbonyl (C=O) groups is 1. The number of β-amino-alcohol motifs (C(OH)–C–C–N with tert-alkyl or cyclic N) is 1. The van der Waals surface area contributed by atoms with Crippen molar-refractivity contribution in [1.82, 2.24) is 24.2 Å². The van der Waals surface area contributed by atoms with Gasteiger partial charge >= 0.3 is 0 Å². The first-order valence-electron chi connectivity index (χ1n) is 11.4. The van der Waals surface area contributed by atoms with Crippen molar-refractivity contribution < 1.29 is 9.90 Å². The summed E-state index contributed by atoms with van der Waals surface area (Å²) in [6, 6.07) is 15.5. The Morgan fingerprint density at radius 2 is 1.94 bits per heavy atom. The number of carbonyl (C=O) groups excluding carboxylic acids is 1. The maximum atomic E-state index is 12.7. The highest BCUT2D eigenvalue weighted by Gasteiger charge is 2.19. The van der Waals surface area contributed by atoms with E-state index in [1.807, 2.05) is 30.5 Å². The van der Waals surface area contributed by atoms with Gasteiger partial charge in [0.2, 0.25) is 0 Å². The second-order valence-electron chi connectivity index (χ2n) is 8.79. The fraction of sp³-hybridized carbons (Fsp3) is 0.269. The summed E-state index contributed by atoms with van der Waals surface area (Å²) in [5.41, 5.74) is 5.14. The molecule has 2 N–H and O–H groups in total. The molecule has 0 fully saturated rings. The molecule has 0 saturated heterocycles. The van der Waals surface area contributed by atoms with E-state index in [-0.39, 0.29) is 23.7 Å². The molecule has 8 nitrogen and oxygen atoms in total. The van der Waals surface area contributed by atoms with Crippen molar-refractivity contribution in [2.24, 2.45) is 7.05 Å². The van der Waals surface area contributed by atoms with Crippen LogP contribution in [0.15, 0.2) is 71.9 Å². The van der Waals surface area contributed by atoms with Gasteiger partial charge in [0, 0.05) is 57.9 Å². The third-order valence-electron chi connectivity index (χ3n) is 6.30. The minimum Gasteiger partial charge on any atom is -0.390 e. The Kier molecular flexibility index (Phi) is 6.00. The van der Waals surface area contributed by atoms with Crippen molar-refractivity contribution in [3.05, 3.63) is 94.3 Å². The first kappa shape index (κ1) is 22.1. The molecular weight excluding hydrogens is 430 g/mol. The van der Waals surface area contributed by atoms with Gasteiger partial charge in [0.15, 0.2) is 0 Å². The lowest BCUT2D eigenvalue weighted by molar-refractivity contribution is 0.0838. The average Bonchev–Trinajstić information content (AvgIpc) is 3.28. The maximum absolute atomic E-state index is 12.7. The van der Waals surface area contributed by atoms with E-state index in [2.05, 4.69) is 33.4 Å². The molecule has 1 atom stereocenters. The van der Waals surface area contributed by atoms with Crippen LogP contribution in [0.4, 0.5) is 0 Å². The Hall–Kier alpha value is -3.75. The molecule has 1 aliphatic rings. The number of pyridine rings is 2. The van der Waals surface area contributed by atoms with E-state index in [9.17, 15) is 14.7 Å². The number of fused-ring (bicyclic) bond motifs is 2. The molecule has 1 aliphatic heterocycles. The Morgan fingerprint density at radius 3 is 2.76 bits per heavy atom. The normalized spacial score (nSPS) is 14.6. The van der Waals surface area contributed by atoms with Crippen LogP contribution >= 0.6 is 0 Å². The van der Waals surface area contributed by atoms with Gasteiger partial charge in [0.1, 0.15) is 11.3 Å². The van der Waals surface area contributed by atoms with Crippen LogP contribution in [0.3, 0.4) is 0 Å². The van der Waals surface area contributed by atoms with Gasteiger partial charge in [0.05, 0.1) is 6.10 Å². The minimum absolute atomic E-state index is 0.0874. The lowest BCUT2D eigenvalue weighted by Gasteiger charge is -2.30. The van der Waals surface area contributed by atoms with Gasteiger partial charge in [-0.3, -0.25) is 14.5 Å². The SMILES string of the molecule is Cn1ccc(-c2ccc3nc(C(=O)NCC(O)CN4CCc5ccccc5C4)cn3c2)cc1=O. The van der Waals surface area contributed by atoms with E-state index >= 15 is 0 Å². The molecule has 1 amide bonds. The fourth-order valence-corrected chi connectivity index (χ4v) is 4.37. The molecule has 4 heterocycles. The average molecular weight is 458 g/mol. The monoisotopic (exact) mass is 457 g/mol. The maximum Gasteiger partial charge on any atom is 0.271 e. The second-order valence-corrected chi connectivity index (χ2v) is 8.79. The molecule has 174 valence electrons. The Bertz CT molecular complexity index is 1410. The van der Waals surface area contributed by atoms with Gasteiger partial charge in [-0.15, -0.1) is 0 Å². The fourth-order valence-electron chi connectivity index (χ4n) is 4.37. The van der Waals surface area contributed by atoms with Gasteiger partial charge in [-0.25, -0.2) is 4.98 Å². The number of rotatable bonds is 6. The molecule has 0 aliphatic carbocycles. The third kappa shape index (κ3) is 4.64. The standard InChI is InChI=1S/C26H27N5O3/c1-29-10-8-19(12-25(29)33)21-6-7-24-28-23(17-31(24)15-21)26(34)27-13-22(32)16-30-11-9-18-4-2-3-5-20(18)14-30/h2-8,10,12,15,17,22,32H,9,11,13-14,16H2,1H3,(H,27,34). The number of imidazole rings is 1. The van der Waals surface area contributed by atoms with Crippen LogP contribution in [-0.4, -0.2) is 55.6 Å². The zero-order valence-electron chi connectivity index (χ0n) is 19.0. The van der Waals surface area contributed by atoms with E-state index in [1.54, 1.807) is 29.9 Å². The number of aliphatic hydroxyl groups excluding tert-OH is 1. The molecule has 8 heteroatoms. The molecule has 0 saturated carbocycles. The smallest absolute Gasteiger partial charge is 0.271 e. The topological polar surface area (TPSA) is 91.9 Å². The van der Waals surface area contributed by atoms with Crippen molar-refractivity contribution in [2.75, 3.05) is 19.6 Å². The van der Waals surface area contributed by atoms with Gasteiger partial charge in [-0.2, -0.15) is 0 Å². The zero-order chi connectivity index (χ0) is 23.7. The number of aliphatic hydroxyl groups is 1. The van der Waals surface area contributed by atoms with Gasteiger partial charge in [-0.05, 0) is 46.9 Å². The highest BCUT2D eigenvalue weighted by molar-refractivity contribution is 5.92. The Morgan fingerprint density at radius 1 is 1.12 bits per heavy atom. The number of aryl methyl sites for hydroxylation is 1. The summed E-state index contributed by atoms with van der Waals surface area (Å²) in [4.78, 5) is 31.2.